The molecule has 1 aromatic carbocycles. The third kappa shape index (κ3) is 2.03. The third-order valence-electron chi connectivity index (χ3n) is 6.09. The first kappa shape index (κ1) is 13.6. The molecule has 4 heteroatoms. The predicted octanol–water partition coefficient (Wildman–Crippen LogP) is 4.09. The van der Waals surface area contributed by atoms with E-state index in [1.165, 1.54) is 37.7 Å². The van der Waals surface area contributed by atoms with Gasteiger partial charge in [-0.2, -0.15) is 4.68 Å². The summed E-state index contributed by atoms with van der Waals surface area (Å²) in [5.41, 5.74) is 3.53. The monoisotopic (exact) mass is 309 g/mol. The number of aromatic nitrogens is 3. The molecule has 0 saturated heterocycles. The van der Waals surface area contributed by atoms with E-state index in [1.807, 2.05) is 22.9 Å². The van der Waals surface area contributed by atoms with Crippen molar-refractivity contribution in [2.24, 2.45) is 23.7 Å². The Kier molecular flexibility index (Phi) is 3.00. The van der Waals surface area contributed by atoms with E-state index in [9.17, 15) is 0 Å². The zero-order valence-electron chi connectivity index (χ0n) is 13.6. The molecule has 4 aliphatic carbocycles. The number of para-hydroxylation sites is 1. The molecule has 4 fully saturated rings. The molecule has 0 atom stereocenters. The van der Waals surface area contributed by atoms with Crippen molar-refractivity contribution >= 4 is 16.9 Å². The van der Waals surface area contributed by atoms with Crippen molar-refractivity contribution in [3.63, 3.8) is 0 Å². The van der Waals surface area contributed by atoms with Gasteiger partial charge < -0.3 is 4.74 Å². The summed E-state index contributed by atoms with van der Waals surface area (Å²) in [6.45, 7) is 2.75. The van der Waals surface area contributed by atoms with Crippen LogP contribution in [0.3, 0.4) is 0 Å². The molecule has 4 aliphatic rings. The Bertz CT molecular complexity index is 746. The predicted molar refractivity (Wildman–Crippen MR) is 89.4 cm³/mol. The van der Waals surface area contributed by atoms with Crippen molar-refractivity contribution < 1.29 is 4.74 Å². The van der Waals surface area contributed by atoms with E-state index in [1.54, 1.807) is 0 Å². The number of fused-ring (bicyclic) bond motifs is 1. The van der Waals surface area contributed by atoms with Crippen LogP contribution in [-0.4, -0.2) is 21.6 Å². The van der Waals surface area contributed by atoms with Crippen LogP contribution in [0.2, 0.25) is 0 Å². The molecule has 120 valence electrons. The second-order valence-electron chi connectivity index (χ2n) is 7.49. The van der Waals surface area contributed by atoms with Gasteiger partial charge in [0.05, 0.1) is 12.1 Å². The number of nitrogens with zero attached hydrogens (tertiary/aromatic N) is 3. The Morgan fingerprint density at radius 1 is 1.09 bits per heavy atom. The van der Waals surface area contributed by atoms with Crippen LogP contribution in [0.15, 0.2) is 29.8 Å². The van der Waals surface area contributed by atoms with Crippen LogP contribution in [0, 0.1) is 23.7 Å². The second-order valence-corrected chi connectivity index (χ2v) is 7.49. The lowest BCUT2D eigenvalue weighted by Gasteiger charge is -2.51. The Hall–Kier alpha value is -1.84. The standard InChI is InChI=1S/C19H23N3O/c1-2-23-19(22-17-6-4-3-5-16(17)20-21-22)18-14-8-12-7-13(10-14)11-15(18)9-12/h3-6,12-15H,2,7-11H2,1H3. The van der Waals surface area contributed by atoms with Gasteiger partial charge in [0.2, 0.25) is 5.88 Å². The zero-order chi connectivity index (χ0) is 15.4. The quantitative estimate of drug-likeness (QED) is 0.802. The maximum atomic E-state index is 6.16. The first-order chi connectivity index (χ1) is 11.3. The minimum absolute atomic E-state index is 0.680. The van der Waals surface area contributed by atoms with Crippen LogP contribution in [0.5, 0.6) is 0 Å². The Balaban J connectivity index is 1.67. The number of allylic oxidation sites excluding steroid dienone is 1. The minimum atomic E-state index is 0.680. The Morgan fingerprint density at radius 3 is 2.48 bits per heavy atom. The normalized spacial score (nSPS) is 31.8. The Morgan fingerprint density at radius 2 is 1.78 bits per heavy atom. The van der Waals surface area contributed by atoms with Crippen LogP contribution in [-0.2, 0) is 4.74 Å². The van der Waals surface area contributed by atoms with Crippen LogP contribution < -0.4 is 0 Å². The maximum absolute atomic E-state index is 6.16. The summed E-state index contributed by atoms with van der Waals surface area (Å²) >= 11 is 0. The highest BCUT2D eigenvalue weighted by atomic mass is 16.5. The van der Waals surface area contributed by atoms with Gasteiger partial charge >= 0.3 is 0 Å². The van der Waals surface area contributed by atoms with Crippen LogP contribution in [0.4, 0.5) is 0 Å². The molecule has 0 radical (unpaired) electrons. The average Bonchev–Trinajstić information content (AvgIpc) is 2.97. The molecule has 4 nitrogen and oxygen atoms in total. The summed E-state index contributed by atoms with van der Waals surface area (Å²) in [5, 5.41) is 8.76. The SMILES string of the molecule is CCOC(=C1C2CC3CC(C2)CC1C3)n1nnc2ccccc21. The van der Waals surface area contributed by atoms with Gasteiger partial charge in [-0.05, 0) is 80.4 Å². The molecule has 0 spiro atoms. The average molecular weight is 309 g/mol. The number of ether oxygens (including phenoxy) is 1. The van der Waals surface area contributed by atoms with Gasteiger partial charge in [0.1, 0.15) is 5.52 Å². The van der Waals surface area contributed by atoms with Gasteiger partial charge in [0, 0.05) is 0 Å². The smallest absolute Gasteiger partial charge is 0.216 e. The van der Waals surface area contributed by atoms with Crippen molar-refractivity contribution in [2.75, 3.05) is 6.61 Å². The van der Waals surface area contributed by atoms with Gasteiger partial charge in [-0.1, -0.05) is 17.3 Å². The summed E-state index contributed by atoms with van der Waals surface area (Å²) in [6.07, 6.45) is 6.88. The van der Waals surface area contributed by atoms with Crippen LogP contribution in [0.1, 0.15) is 39.0 Å². The van der Waals surface area contributed by atoms with Gasteiger partial charge in [0.25, 0.3) is 0 Å². The van der Waals surface area contributed by atoms with Crippen molar-refractivity contribution in [3.8, 4) is 0 Å². The highest BCUT2D eigenvalue weighted by Gasteiger charge is 2.47. The van der Waals surface area contributed by atoms with Gasteiger partial charge in [-0.15, -0.1) is 5.10 Å². The van der Waals surface area contributed by atoms with E-state index in [4.69, 9.17) is 4.74 Å². The van der Waals surface area contributed by atoms with Crippen molar-refractivity contribution in [3.05, 3.63) is 29.8 Å². The lowest BCUT2D eigenvalue weighted by atomic mass is 9.54. The summed E-state index contributed by atoms with van der Waals surface area (Å²) in [5.74, 6) is 4.30. The summed E-state index contributed by atoms with van der Waals surface area (Å²) in [6, 6.07) is 8.17. The molecular weight excluding hydrogens is 286 g/mol. The van der Waals surface area contributed by atoms with Crippen LogP contribution in [0.25, 0.3) is 16.9 Å². The van der Waals surface area contributed by atoms with E-state index in [0.717, 1.165) is 28.8 Å². The minimum Gasteiger partial charge on any atom is -0.478 e. The molecule has 23 heavy (non-hydrogen) atoms. The molecule has 0 unspecified atom stereocenters. The molecule has 4 bridgehead atoms. The number of benzene rings is 1. The van der Waals surface area contributed by atoms with E-state index < -0.39 is 0 Å². The lowest BCUT2D eigenvalue weighted by Crippen LogP contribution is -2.41. The van der Waals surface area contributed by atoms with E-state index in [2.05, 4.69) is 23.3 Å². The van der Waals surface area contributed by atoms with Crippen molar-refractivity contribution in [1.29, 1.82) is 0 Å². The highest BCUT2D eigenvalue weighted by molar-refractivity contribution is 5.77. The van der Waals surface area contributed by atoms with Crippen molar-refractivity contribution in [2.45, 2.75) is 39.0 Å². The number of hydrogen-bond acceptors (Lipinski definition) is 3. The number of rotatable bonds is 3. The molecule has 0 N–H and O–H groups in total. The maximum Gasteiger partial charge on any atom is 0.216 e. The zero-order valence-corrected chi connectivity index (χ0v) is 13.6. The molecule has 1 aromatic heterocycles. The fraction of sp³-hybridized carbons (Fsp3) is 0.579. The molecule has 0 aliphatic heterocycles. The molecular formula is C19H23N3O. The number of hydrogen-bond donors (Lipinski definition) is 0. The largest absolute Gasteiger partial charge is 0.478 e. The fourth-order valence-corrected chi connectivity index (χ4v) is 5.46. The molecule has 4 saturated carbocycles. The fourth-order valence-electron chi connectivity index (χ4n) is 5.46. The van der Waals surface area contributed by atoms with Crippen molar-refractivity contribution in [1.82, 2.24) is 15.0 Å². The van der Waals surface area contributed by atoms with Crippen LogP contribution >= 0.6 is 0 Å². The molecule has 0 amide bonds. The summed E-state index contributed by atoms with van der Waals surface area (Å²) in [7, 11) is 0. The molecule has 6 rings (SSSR count). The second kappa shape index (κ2) is 5.08. The lowest BCUT2D eigenvalue weighted by molar-refractivity contribution is 0.0653. The third-order valence-corrected chi connectivity index (χ3v) is 6.09. The van der Waals surface area contributed by atoms with E-state index in [-0.39, 0.29) is 0 Å². The topological polar surface area (TPSA) is 39.9 Å². The highest BCUT2D eigenvalue weighted by Crippen LogP contribution is 2.57. The van der Waals surface area contributed by atoms with E-state index >= 15 is 0 Å². The first-order valence-corrected chi connectivity index (χ1v) is 9.01. The van der Waals surface area contributed by atoms with E-state index in [0.29, 0.717) is 18.4 Å². The summed E-state index contributed by atoms with van der Waals surface area (Å²) < 4.78 is 8.12. The molecule has 2 aromatic rings. The van der Waals surface area contributed by atoms with Gasteiger partial charge in [-0.25, -0.2) is 0 Å². The first-order valence-electron chi connectivity index (χ1n) is 9.01. The van der Waals surface area contributed by atoms with Gasteiger partial charge in [-0.3, -0.25) is 0 Å². The Labute approximate surface area is 136 Å². The molecule has 1 heterocycles. The van der Waals surface area contributed by atoms with Gasteiger partial charge in [0.15, 0.2) is 0 Å². The summed E-state index contributed by atoms with van der Waals surface area (Å²) in [4.78, 5) is 0.